The number of thioether (sulfide) groups is 1. The summed E-state index contributed by atoms with van der Waals surface area (Å²) in [5.41, 5.74) is 9.99. The molecule has 60 heavy (non-hydrogen) atoms. The van der Waals surface area contributed by atoms with E-state index in [1.165, 1.54) is 13.8 Å². The molecule has 0 spiro atoms. The number of hydrogen-bond donors (Lipinski definition) is 13. The number of nitrogens with one attached hydrogen (secondary N) is 2. The Balaban J connectivity index is 1.43. The van der Waals surface area contributed by atoms with Crippen molar-refractivity contribution in [1.29, 1.82) is 0 Å². The van der Waals surface area contributed by atoms with Crippen molar-refractivity contribution in [3.8, 4) is 0 Å². The summed E-state index contributed by atoms with van der Waals surface area (Å²) < 4.78 is 62.1. The number of ether oxygens (including phenoxy) is 1. The molecule has 0 saturated carbocycles. The number of phosphoric acid groups is 3. The predicted molar refractivity (Wildman–Crippen MR) is 206 cm³/mol. The van der Waals surface area contributed by atoms with Gasteiger partial charge in [-0.2, -0.15) is 4.31 Å². The van der Waals surface area contributed by atoms with Crippen LogP contribution in [0.1, 0.15) is 45.8 Å². The number of rotatable bonds is 25. The molecule has 8 atom stereocenters. The lowest BCUT2D eigenvalue weighted by Crippen LogP contribution is -2.46. The minimum atomic E-state index is -5.60. The van der Waals surface area contributed by atoms with E-state index in [1.807, 2.05) is 0 Å². The first-order chi connectivity index (χ1) is 27.6. The van der Waals surface area contributed by atoms with Crippen LogP contribution in [-0.4, -0.2) is 151 Å². The summed E-state index contributed by atoms with van der Waals surface area (Å²) in [6, 6.07) is -0.833. The van der Waals surface area contributed by atoms with Crippen LogP contribution in [-0.2, 0) is 50.7 Å². The Morgan fingerprint density at radius 1 is 1.03 bits per heavy atom. The van der Waals surface area contributed by atoms with Gasteiger partial charge in [0.1, 0.15) is 36.3 Å². The van der Waals surface area contributed by atoms with Gasteiger partial charge in [-0.15, -0.1) is 0 Å². The number of nitrogens with two attached hydrogens (primary N) is 2. The molecule has 33 heteroatoms. The zero-order valence-electron chi connectivity index (χ0n) is 32.0. The molecule has 15 N–H and O–H groups in total. The van der Waals surface area contributed by atoms with Crippen molar-refractivity contribution in [2.45, 2.75) is 82.5 Å². The lowest BCUT2D eigenvalue weighted by atomic mass is 9.74. The van der Waals surface area contributed by atoms with E-state index in [0.29, 0.717) is 6.42 Å². The van der Waals surface area contributed by atoms with Crippen molar-refractivity contribution < 1.29 is 95.6 Å². The Morgan fingerprint density at radius 2 is 1.70 bits per heavy atom. The molecule has 3 heterocycles. The molecule has 28 nitrogen and oxygen atoms in total. The van der Waals surface area contributed by atoms with E-state index in [4.69, 9.17) is 40.3 Å². The first-order valence-corrected chi connectivity index (χ1v) is 23.3. The summed E-state index contributed by atoms with van der Waals surface area (Å²) in [6.07, 6.45) is -6.50. The molecule has 1 aliphatic rings. The second-order valence-corrected chi connectivity index (χ2v) is 19.4. The first kappa shape index (κ1) is 51.8. The number of carbonyl (C=O) groups excluding carboxylic acids is 3. The number of carbonyl (C=O) groups is 3. The summed E-state index contributed by atoms with van der Waals surface area (Å²) in [5.74, 6) is -1.42. The molecule has 2 aromatic heterocycles. The van der Waals surface area contributed by atoms with Crippen molar-refractivity contribution in [2.75, 3.05) is 37.8 Å². The third-order valence-corrected chi connectivity index (χ3v) is 12.5. The summed E-state index contributed by atoms with van der Waals surface area (Å²) in [4.78, 5) is 87.8. The number of nitrogen functional groups attached to an aromatic ring is 1. The second kappa shape index (κ2) is 21.7. The van der Waals surface area contributed by atoms with Crippen LogP contribution in [0.2, 0.25) is 6.32 Å². The summed E-state index contributed by atoms with van der Waals surface area (Å²) in [7, 11) is -16.5. The topological polar surface area (TPSA) is 450 Å². The van der Waals surface area contributed by atoms with Gasteiger partial charge in [0.25, 0.3) is 0 Å². The molecule has 2 amide bonds. The number of fused-ring (bicyclic) bond motifs is 1. The predicted octanol–water partition coefficient (Wildman–Crippen LogP) is -2.92. The summed E-state index contributed by atoms with van der Waals surface area (Å²) in [5, 5.41) is 52.7. The smallest absolute Gasteiger partial charge is 0.481 e. The quantitative estimate of drug-likeness (QED) is 0.0269. The van der Waals surface area contributed by atoms with E-state index in [9.17, 15) is 57.9 Å². The molecule has 1 aliphatic heterocycles. The van der Waals surface area contributed by atoms with Crippen molar-refractivity contribution >= 4 is 75.9 Å². The fourth-order valence-electron chi connectivity index (χ4n) is 5.29. The average Bonchev–Trinajstić information content (AvgIpc) is 3.69. The van der Waals surface area contributed by atoms with Crippen LogP contribution < -0.4 is 22.1 Å². The zero-order chi connectivity index (χ0) is 45.3. The highest BCUT2D eigenvalue weighted by molar-refractivity contribution is 8.13. The maximum atomic E-state index is 12.7. The molecule has 2 aromatic rings. The largest absolute Gasteiger partial charge is 0.560 e. The van der Waals surface area contributed by atoms with Gasteiger partial charge in [0.2, 0.25) is 16.9 Å². The van der Waals surface area contributed by atoms with E-state index >= 15 is 0 Å². The van der Waals surface area contributed by atoms with Gasteiger partial charge in [-0.1, -0.05) is 44.8 Å². The molecule has 3 rings (SSSR count). The standard InChI is InChI=1S/C27H49BN8O20P3S/c1-27(2,21(39)24(40)32-8-6-17(37)31-9-10-60-26(41)15(29)5-3-4-7-28(42,43)44)12-53-59(50,51)56-58(48,49)52-11-16-20(55-57(45,46)47)19(38)25(54-16)36-14-35-18-22(30)33-13-34-23(18)36/h13-16,19-21,25,38-39,42-44H,3-12,29H2,1-2H3,(H,31,37)(H,32,40)(H,48,49)(H,50,51)(H2,30,33,34)(H2,45,46,47)/q-1. The Hall–Kier alpha value is -2.54. The number of anilines is 1. The van der Waals surface area contributed by atoms with Crippen molar-refractivity contribution in [1.82, 2.24) is 30.2 Å². The number of aromatic nitrogens is 4. The van der Waals surface area contributed by atoms with E-state index in [-0.39, 0.29) is 66.5 Å². The van der Waals surface area contributed by atoms with Crippen molar-refractivity contribution in [3.63, 3.8) is 0 Å². The second-order valence-electron chi connectivity index (χ2n) is 14.0. The average molecular weight is 942 g/mol. The monoisotopic (exact) mass is 941 g/mol. The van der Waals surface area contributed by atoms with Crippen LogP contribution in [0.15, 0.2) is 12.7 Å². The van der Waals surface area contributed by atoms with E-state index in [1.54, 1.807) is 0 Å². The van der Waals surface area contributed by atoms with Gasteiger partial charge in [-0.05, 0) is 6.42 Å². The molecule has 1 saturated heterocycles. The summed E-state index contributed by atoms with van der Waals surface area (Å²) >= 11 is 0.873. The van der Waals surface area contributed by atoms with Crippen LogP contribution in [0.5, 0.6) is 0 Å². The Kier molecular flexibility index (Phi) is 18.7. The Morgan fingerprint density at radius 3 is 2.35 bits per heavy atom. The number of hydrogen-bond acceptors (Lipinski definition) is 22. The van der Waals surface area contributed by atoms with Crippen LogP contribution in [0.3, 0.4) is 0 Å². The maximum absolute atomic E-state index is 12.7. The van der Waals surface area contributed by atoms with E-state index in [0.717, 1.165) is 29.0 Å². The lowest BCUT2D eigenvalue weighted by molar-refractivity contribution is -0.137. The maximum Gasteiger partial charge on any atom is 0.481 e. The molecule has 0 radical (unpaired) electrons. The highest BCUT2D eigenvalue weighted by Crippen LogP contribution is 2.61. The van der Waals surface area contributed by atoms with Gasteiger partial charge < -0.3 is 71.7 Å². The van der Waals surface area contributed by atoms with Gasteiger partial charge in [0.05, 0.1) is 25.6 Å². The van der Waals surface area contributed by atoms with E-state index in [2.05, 4.69) is 34.4 Å². The first-order valence-electron chi connectivity index (χ1n) is 17.8. The molecule has 0 bridgehead atoms. The zero-order valence-corrected chi connectivity index (χ0v) is 35.5. The van der Waals surface area contributed by atoms with Crippen molar-refractivity contribution in [3.05, 3.63) is 12.7 Å². The third kappa shape index (κ3) is 16.6. The molecule has 0 aliphatic carbocycles. The van der Waals surface area contributed by atoms with Gasteiger partial charge in [-0.25, -0.2) is 28.6 Å². The van der Waals surface area contributed by atoms with Crippen molar-refractivity contribution in [2.24, 2.45) is 11.1 Å². The fraction of sp³-hybridized carbons (Fsp3) is 0.704. The lowest BCUT2D eigenvalue weighted by Gasteiger charge is -2.30. The van der Waals surface area contributed by atoms with Gasteiger partial charge in [0.15, 0.2) is 17.7 Å². The van der Waals surface area contributed by atoms with Crippen LogP contribution in [0, 0.1) is 5.41 Å². The minimum absolute atomic E-state index is 0.0167. The Bertz CT molecular complexity index is 1940. The highest BCUT2D eigenvalue weighted by Gasteiger charge is 2.50. The van der Waals surface area contributed by atoms with Crippen LogP contribution in [0.4, 0.5) is 5.82 Å². The molecule has 0 aromatic carbocycles. The molecule has 1 fully saturated rings. The molecular weight excluding hydrogens is 892 g/mol. The Labute approximate surface area is 345 Å². The van der Waals surface area contributed by atoms with Gasteiger partial charge >= 0.3 is 30.2 Å². The van der Waals surface area contributed by atoms with E-state index < -0.39 is 97.4 Å². The SMILES string of the molecule is CC(C)(COP(=O)(O)OP(=O)(O)OCC1OC(n2cnc3c(N)ncnc32)C(O)C1OP(=O)(O)O)C(O)C(=O)NCCC(=O)NCCSC(=O)C(N)CCCC[B-](O)(O)O. The number of imidazole rings is 1. The minimum Gasteiger partial charge on any atom is -0.560 e. The number of unbranched alkanes of at least 4 members (excludes halogenated alkanes) is 1. The highest BCUT2D eigenvalue weighted by atomic mass is 32.2. The molecule has 8 unspecified atom stereocenters. The number of amides is 2. The normalized spacial score (nSPS) is 21.9. The number of phosphoric ester groups is 3. The van der Waals surface area contributed by atoms with Crippen LogP contribution in [0.25, 0.3) is 11.2 Å². The number of nitrogens with zero attached hydrogens (tertiary/aromatic N) is 4. The van der Waals surface area contributed by atoms with Crippen LogP contribution >= 0.6 is 35.2 Å². The molecule has 342 valence electrons. The summed E-state index contributed by atoms with van der Waals surface area (Å²) in [6.45, 7) is -3.22. The number of aliphatic hydroxyl groups is 2. The van der Waals surface area contributed by atoms with Gasteiger partial charge in [-0.3, -0.25) is 32.5 Å². The third-order valence-electron chi connectivity index (χ3n) is 8.41. The molecular formula is C27H49BN8O20P3S-. The fourth-order valence-corrected chi connectivity index (χ4v) is 8.86. The number of aliphatic hydroxyl groups excluding tert-OH is 2. The van der Waals surface area contributed by atoms with Gasteiger partial charge in [0, 0.05) is 30.7 Å².